The molecule has 3 fully saturated rings. The molecule has 0 aromatic heterocycles. The number of carbonyl (C=O) groups is 2. The van der Waals surface area contributed by atoms with Gasteiger partial charge in [-0.05, 0) is 69.9 Å². The maximum absolute atomic E-state index is 13.2. The van der Waals surface area contributed by atoms with Crippen molar-refractivity contribution in [3.63, 3.8) is 0 Å². The second kappa shape index (κ2) is 9.19. The Kier molecular flexibility index (Phi) is 6.56. The fraction of sp³-hybridized carbons (Fsp3) is 0.680. The maximum Gasteiger partial charge on any atom is 0.410 e. The second-order valence-electron chi connectivity index (χ2n) is 10.6. The Bertz CT molecular complexity index is 776. The molecule has 1 aromatic carbocycles. The Morgan fingerprint density at radius 2 is 1.94 bits per heavy atom. The number of piperidine rings is 1. The minimum Gasteiger partial charge on any atom is -0.444 e. The number of amides is 2. The van der Waals surface area contributed by atoms with Crippen LogP contribution in [-0.4, -0.2) is 47.7 Å². The summed E-state index contributed by atoms with van der Waals surface area (Å²) < 4.78 is 5.79. The molecule has 2 heterocycles. The summed E-state index contributed by atoms with van der Waals surface area (Å²) in [6.07, 6.45) is 5.25. The number of nitrogens with one attached hydrogen (secondary N) is 2. The molecule has 4 rings (SSSR count). The normalized spacial score (nSPS) is 31.1. The smallest absolute Gasteiger partial charge is 0.410 e. The summed E-state index contributed by atoms with van der Waals surface area (Å²) in [4.78, 5) is 27.5. The van der Waals surface area contributed by atoms with Gasteiger partial charge in [-0.3, -0.25) is 4.79 Å². The van der Waals surface area contributed by atoms with Gasteiger partial charge in [0.15, 0.2) is 0 Å². The summed E-state index contributed by atoms with van der Waals surface area (Å²) in [6.45, 7) is 8.13. The van der Waals surface area contributed by atoms with Crippen molar-refractivity contribution < 1.29 is 14.3 Å². The lowest BCUT2D eigenvalue weighted by Gasteiger charge is -2.46. The molecular formula is C25H37N3O3. The molecule has 3 aliphatic rings. The summed E-state index contributed by atoms with van der Waals surface area (Å²) in [5, 5.41) is 6.73. The first-order valence-electron chi connectivity index (χ1n) is 11.8. The van der Waals surface area contributed by atoms with Gasteiger partial charge in [-0.1, -0.05) is 43.2 Å². The largest absolute Gasteiger partial charge is 0.444 e. The van der Waals surface area contributed by atoms with Crippen molar-refractivity contribution in [2.45, 2.75) is 77.1 Å². The van der Waals surface area contributed by atoms with Crippen LogP contribution in [0.1, 0.15) is 58.4 Å². The van der Waals surface area contributed by atoms with E-state index < -0.39 is 0 Å². The molecule has 6 nitrogen and oxygen atoms in total. The van der Waals surface area contributed by atoms with Crippen LogP contribution in [0.4, 0.5) is 4.79 Å². The van der Waals surface area contributed by atoms with E-state index in [0.29, 0.717) is 24.9 Å². The molecule has 170 valence electrons. The number of benzene rings is 1. The van der Waals surface area contributed by atoms with E-state index in [0.717, 1.165) is 18.5 Å². The first-order chi connectivity index (χ1) is 14.8. The van der Waals surface area contributed by atoms with E-state index in [4.69, 9.17) is 4.74 Å². The maximum atomic E-state index is 13.2. The Morgan fingerprint density at radius 3 is 2.68 bits per heavy atom. The summed E-state index contributed by atoms with van der Waals surface area (Å²) in [5.74, 6) is 1.41. The highest BCUT2D eigenvalue weighted by atomic mass is 16.6. The first-order valence-corrected chi connectivity index (χ1v) is 11.8. The predicted molar refractivity (Wildman–Crippen MR) is 120 cm³/mol. The zero-order valence-electron chi connectivity index (χ0n) is 19.1. The van der Waals surface area contributed by atoms with E-state index in [9.17, 15) is 9.59 Å². The van der Waals surface area contributed by atoms with E-state index in [-0.39, 0.29) is 35.6 Å². The fourth-order valence-electron chi connectivity index (χ4n) is 5.71. The van der Waals surface area contributed by atoms with Crippen LogP contribution in [0.2, 0.25) is 0 Å². The Labute approximate surface area is 186 Å². The van der Waals surface area contributed by atoms with Crippen LogP contribution in [0.25, 0.3) is 0 Å². The van der Waals surface area contributed by atoms with Gasteiger partial charge in [0.2, 0.25) is 5.91 Å². The lowest BCUT2D eigenvalue weighted by atomic mass is 9.65. The van der Waals surface area contributed by atoms with Crippen molar-refractivity contribution in [2.24, 2.45) is 17.8 Å². The third-order valence-corrected chi connectivity index (χ3v) is 7.03. The van der Waals surface area contributed by atoms with Crippen molar-refractivity contribution in [3.8, 4) is 0 Å². The lowest BCUT2D eigenvalue weighted by Crippen LogP contribution is -2.60. The van der Waals surface area contributed by atoms with Crippen LogP contribution < -0.4 is 10.6 Å². The highest BCUT2D eigenvalue weighted by molar-refractivity contribution is 5.83. The molecule has 0 bridgehead atoms. The minimum atomic E-state index is -0.265. The Hall–Kier alpha value is -2.08. The third kappa shape index (κ3) is 5.40. The number of hydrogen-bond acceptors (Lipinski definition) is 4. The molecule has 6 heteroatoms. The zero-order valence-corrected chi connectivity index (χ0v) is 19.1. The topological polar surface area (TPSA) is 70.7 Å². The number of rotatable bonds is 5. The third-order valence-electron chi connectivity index (χ3n) is 7.03. The SMILES string of the molecule is CC(C)(C)NC(=O)C1NCC2CCCCC2C1CC1CN(Cc2ccccc2)C(=O)O1. The van der Waals surface area contributed by atoms with E-state index in [1.807, 2.05) is 51.1 Å². The summed E-state index contributed by atoms with van der Waals surface area (Å²) in [7, 11) is 0. The molecule has 31 heavy (non-hydrogen) atoms. The van der Waals surface area contributed by atoms with Gasteiger partial charge in [-0.25, -0.2) is 4.79 Å². The monoisotopic (exact) mass is 427 g/mol. The van der Waals surface area contributed by atoms with Crippen LogP contribution in [0.5, 0.6) is 0 Å². The Morgan fingerprint density at radius 1 is 1.19 bits per heavy atom. The van der Waals surface area contributed by atoms with E-state index in [1.54, 1.807) is 4.90 Å². The van der Waals surface area contributed by atoms with Crippen molar-refractivity contribution in [3.05, 3.63) is 35.9 Å². The number of ether oxygens (including phenoxy) is 1. The number of fused-ring (bicyclic) bond motifs is 1. The molecule has 0 spiro atoms. The zero-order chi connectivity index (χ0) is 22.0. The molecule has 0 radical (unpaired) electrons. The number of carbonyl (C=O) groups excluding carboxylic acids is 2. The van der Waals surface area contributed by atoms with Crippen molar-refractivity contribution in [1.82, 2.24) is 15.5 Å². The fourth-order valence-corrected chi connectivity index (χ4v) is 5.71. The predicted octanol–water partition coefficient (Wildman–Crippen LogP) is 3.71. The average Bonchev–Trinajstić information content (AvgIpc) is 3.06. The Balaban J connectivity index is 1.46. The first kappa shape index (κ1) is 22.1. The quantitative estimate of drug-likeness (QED) is 0.752. The van der Waals surface area contributed by atoms with Crippen LogP contribution in [0, 0.1) is 17.8 Å². The minimum absolute atomic E-state index is 0.0759. The highest BCUT2D eigenvalue weighted by Gasteiger charge is 2.46. The standard InChI is InChI=1S/C25H37N3O3/c1-25(2,3)27-23(29)22-21(20-12-8-7-11-18(20)14-26-22)13-19-16-28(24(30)31-19)15-17-9-5-4-6-10-17/h4-6,9-10,18-22,26H,7-8,11-16H2,1-3H3,(H,27,29). The van der Waals surface area contributed by atoms with Gasteiger partial charge in [0, 0.05) is 12.1 Å². The van der Waals surface area contributed by atoms with Gasteiger partial charge in [-0.15, -0.1) is 0 Å². The number of hydrogen-bond donors (Lipinski definition) is 2. The van der Waals surface area contributed by atoms with Crippen LogP contribution in [0.15, 0.2) is 30.3 Å². The molecule has 5 unspecified atom stereocenters. The molecular weight excluding hydrogens is 390 g/mol. The summed E-state index contributed by atoms with van der Waals surface area (Å²) in [6, 6.07) is 9.80. The van der Waals surface area contributed by atoms with Crippen molar-refractivity contribution in [1.29, 1.82) is 0 Å². The van der Waals surface area contributed by atoms with Crippen molar-refractivity contribution >= 4 is 12.0 Å². The van der Waals surface area contributed by atoms with Gasteiger partial charge in [-0.2, -0.15) is 0 Å². The molecule has 1 saturated carbocycles. The molecule has 2 N–H and O–H groups in total. The van der Waals surface area contributed by atoms with Gasteiger partial charge >= 0.3 is 6.09 Å². The molecule has 5 atom stereocenters. The van der Waals surface area contributed by atoms with Crippen LogP contribution in [-0.2, 0) is 16.1 Å². The molecule has 1 aromatic rings. The van der Waals surface area contributed by atoms with E-state index in [1.165, 1.54) is 25.7 Å². The van der Waals surface area contributed by atoms with Gasteiger partial charge in [0.25, 0.3) is 0 Å². The molecule has 2 amide bonds. The van der Waals surface area contributed by atoms with Crippen LogP contribution in [0.3, 0.4) is 0 Å². The van der Waals surface area contributed by atoms with Crippen LogP contribution >= 0.6 is 0 Å². The van der Waals surface area contributed by atoms with Gasteiger partial charge in [0.1, 0.15) is 6.10 Å². The van der Waals surface area contributed by atoms with E-state index in [2.05, 4.69) is 10.6 Å². The molecule has 2 saturated heterocycles. The second-order valence-corrected chi connectivity index (χ2v) is 10.6. The van der Waals surface area contributed by atoms with E-state index >= 15 is 0 Å². The number of cyclic esters (lactones) is 1. The van der Waals surface area contributed by atoms with Gasteiger partial charge < -0.3 is 20.3 Å². The highest BCUT2D eigenvalue weighted by Crippen LogP contribution is 2.42. The summed E-state index contributed by atoms with van der Waals surface area (Å²) >= 11 is 0. The van der Waals surface area contributed by atoms with Crippen molar-refractivity contribution in [2.75, 3.05) is 13.1 Å². The summed E-state index contributed by atoms with van der Waals surface area (Å²) in [5.41, 5.74) is 0.841. The molecule has 1 aliphatic carbocycles. The average molecular weight is 428 g/mol. The van der Waals surface area contributed by atoms with Gasteiger partial charge in [0.05, 0.1) is 12.6 Å². The molecule has 2 aliphatic heterocycles. The lowest BCUT2D eigenvalue weighted by molar-refractivity contribution is -0.128. The number of nitrogens with zero attached hydrogens (tertiary/aromatic N) is 1.